The zero-order chi connectivity index (χ0) is 13.4. The molecule has 1 rings (SSSR count). The minimum Gasteiger partial charge on any atom is -0.227 e. The SMILES string of the molecule is NS(=O)(=O)c1ccc(C(F)(F)F)c([SH](=O)=O)c1. The van der Waals surface area contributed by atoms with E-state index in [0.29, 0.717) is 18.2 Å². The van der Waals surface area contributed by atoms with Crippen molar-refractivity contribution in [2.45, 2.75) is 16.0 Å². The smallest absolute Gasteiger partial charge is 0.227 e. The lowest BCUT2D eigenvalue weighted by atomic mass is 10.2. The molecular weight excluding hydrogens is 283 g/mol. The summed E-state index contributed by atoms with van der Waals surface area (Å²) in [5.41, 5.74) is -1.43. The molecule has 5 nitrogen and oxygen atoms in total. The van der Waals surface area contributed by atoms with Crippen LogP contribution in [0.2, 0.25) is 0 Å². The monoisotopic (exact) mass is 289 g/mol. The number of hydrogen-bond donors (Lipinski definition) is 2. The summed E-state index contributed by atoms with van der Waals surface area (Å²) >= 11 is 0. The largest absolute Gasteiger partial charge is 0.417 e. The summed E-state index contributed by atoms with van der Waals surface area (Å²) in [6.07, 6.45) is -4.89. The summed E-state index contributed by atoms with van der Waals surface area (Å²) in [6, 6.07) is 1.34. The van der Waals surface area contributed by atoms with Gasteiger partial charge in [0.25, 0.3) is 0 Å². The maximum absolute atomic E-state index is 12.4. The second-order valence-electron chi connectivity index (χ2n) is 2.98. The zero-order valence-corrected chi connectivity index (χ0v) is 9.64. The van der Waals surface area contributed by atoms with Gasteiger partial charge in [-0.2, -0.15) is 13.2 Å². The summed E-state index contributed by atoms with van der Waals surface area (Å²) in [5, 5.41) is 4.68. The van der Waals surface area contributed by atoms with E-state index in [0.717, 1.165) is 0 Å². The van der Waals surface area contributed by atoms with Crippen LogP contribution in [0.5, 0.6) is 0 Å². The molecule has 17 heavy (non-hydrogen) atoms. The second kappa shape index (κ2) is 4.27. The molecule has 0 unspecified atom stereocenters. The van der Waals surface area contributed by atoms with Crippen LogP contribution < -0.4 is 5.14 Å². The first-order valence-corrected chi connectivity index (χ1v) is 6.64. The molecule has 0 saturated heterocycles. The highest BCUT2D eigenvalue weighted by molar-refractivity contribution is 7.89. The van der Waals surface area contributed by atoms with Crippen molar-refractivity contribution in [3.63, 3.8) is 0 Å². The first-order valence-electron chi connectivity index (χ1n) is 3.92. The van der Waals surface area contributed by atoms with Crippen LogP contribution in [0.4, 0.5) is 13.2 Å². The molecule has 0 saturated carbocycles. The fourth-order valence-corrected chi connectivity index (χ4v) is 2.35. The molecule has 0 atom stereocenters. The van der Waals surface area contributed by atoms with E-state index in [1.54, 1.807) is 0 Å². The number of primary sulfonamides is 1. The Labute approximate surface area is 96.1 Å². The number of benzene rings is 1. The molecule has 1 aromatic rings. The predicted octanol–water partition coefficient (Wildman–Crippen LogP) is 0.323. The van der Waals surface area contributed by atoms with E-state index in [1.807, 2.05) is 0 Å². The number of rotatable bonds is 2. The van der Waals surface area contributed by atoms with E-state index < -0.39 is 42.3 Å². The summed E-state index contributed by atoms with van der Waals surface area (Å²) in [6.45, 7) is 0. The van der Waals surface area contributed by atoms with Gasteiger partial charge in [0.1, 0.15) is 0 Å². The third-order valence-electron chi connectivity index (χ3n) is 1.80. The number of alkyl halides is 3. The molecule has 0 bridgehead atoms. The van der Waals surface area contributed by atoms with Crippen LogP contribution in [0, 0.1) is 0 Å². The Morgan fingerprint density at radius 3 is 2.06 bits per heavy atom. The Balaban J connectivity index is 3.60. The minimum atomic E-state index is -4.89. The molecular formula is C7H6F3NO4S2. The average Bonchev–Trinajstić information content (AvgIpc) is 2.14. The normalized spacial score (nSPS) is 13.0. The lowest BCUT2D eigenvalue weighted by Gasteiger charge is -2.09. The van der Waals surface area contributed by atoms with E-state index >= 15 is 0 Å². The molecule has 0 fully saturated rings. The summed E-state index contributed by atoms with van der Waals surface area (Å²) in [4.78, 5) is -1.82. The molecule has 0 amide bonds. The maximum atomic E-state index is 12.4. The van der Waals surface area contributed by atoms with Gasteiger partial charge in [-0.1, -0.05) is 0 Å². The van der Waals surface area contributed by atoms with Crippen molar-refractivity contribution < 1.29 is 30.0 Å². The van der Waals surface area contributed by atoms with Gasteiger partial charge in [-0.15, -0.1) is 0 Å². The summed E-state index contributed by atoms with van der Waals surface area (Å²) in [7, 11) is -7.84. The van der Waals surface area contributed by atoms with Crippen molar-refractivity contribution >= 4 is 20.7 Å². The van der Waals surface area contributed by atoms with E-state index in [9.17, 15) is 30.0 Å². The summed E-state index contributed by atoms with van der Waals surface area (Å²) < 4.78 is 80.2. The molecule has 0 aliphatic carbocycles. The van der Waals surface area contributed by atoms with Crippen LogP contribution in [0.15, 0.2) is 28.0 Å². The maximum Gasteiger partial charge on any atom is 0.417 e. The Morgan fingerprint density at radius 2 is 1.71 bits per heavy atom. The van der Waals surface area contributed by atoms with Crippen molar-refractivity contribution in [1.29, 1.82) is 0 Å². The van der Waals surface area contributed by atoms with Crippen molar-refractivity contribution in [1.82, 2.24) is 0 Å². The molecule has 0 spiro atoms. The number of thiol groups is 1. The van der Waals surface area contributed by atoms with Crippen LogP contribution in [-0.4, -0.2) is 16.8 Å². The van der Waals surface area contributed by atoms with Crippen molar-refractivity contribution in [3.8, 4) is 0 Å². The second-order valence-corrected chi connectivity index (χ2v) is 5.54. The first-order chi connectivity index (χ1) is 7.53. The van der Waals surface area contributed by atoms with Crippen LogP contribution >= 0.6 is 0 Å². The number of hydrogen-bond acceptors (Lipinski definition) is 4. The van der Waals surface area contributed by atoms with Crippen molar-refractivity contribution in [2.75, 3.05) is 0 Å². The zero-order valence-electron chi connectivity index (χ0n) is 7.93. The molecule has 0 aromatic heterocycles. The van der Waals surface area contributed by atoms with E-state index in [1.165, 1.54) is 0 Å². The summed E-state index contributed by atoms with van der Waals surface area (Å²) in [5.74, 6) is 0. The third-order valence-corrected chi connectivity index (χ3v) is 3.47. The van der Waals surface area contributed by atoms with Crippen molar-refractivity contribution in [2.24, 2.45) is 5.14 Å². The van der Waals surface area contributed by atoms with E-state index in [2.05, 4.69) is 5.14 Å². The lowest BCUT2D eigenvalue weighted by molar-refractivity contribution is -0.139. The fourth-order valence-electron chi connectivity index (χ4n) is 1.08. The van der Waals surface area contributed by atoms with Gasteiger partial charge in [0.2, 0.25) is 10.0 Å². The standard InChI is InChI=1S/C7H6F3NO4S2/c8-7(9,10)5-2-1-4(17(11,14)15)3-6(5)16(12)13/h1-3,16H,(H2,11,14,15). The predicted molar refractivity (Wildman–Crippen MR) is 51.4 cm³/mol. The van der Waals surface area contributed by atoms with Crippen LogP contribution in [0.3, 0.4) is 0 Å². The molecule has 96 valence electrons. The van der Waals surface area contributed by atoms with Crippen LogP contribution in [0.1, 0.15) is 5.56 Å². The average molecular weight is 289 g/mol. The molecule has 0 heterocycles. The molecule has 10 heteroatoms. The highest BCUT2D eigenvalue weighted by Crippen LogP contribution is 2.33. The Kier molecular flexibility index (Phi) is 3.50. The number of nitrogens with two attached hydrogens (primary N) is 1. The van der Waals surface area contributed by atoms with E-state index in [4.69, 9.17) is 0 Å². The quantitative estimate of drug-likeness (QED) is 0.767. The number of sulfonamides is 1. The van der Waals surface area contributed by atoms with Gasteiger partial charge < -0.3 is 0 Å². The van der Waals surface area contributed by atoms with Crippen molar-refractivity contribution in [3.05, 3.63) is 23.8 Å². The van der Waals surface area contributed by atoms with Gasteiger partial charge >= 0.3 is 6.18 Å². The molecule has 0 aliphatic heterocycles. The topological polar surface area (TPSA) is 94.3 Å². The van der Waals surface area contributed by atoms with Crippen LogP contribution in [0.25, 0.3) is 0 Å². The molecule has 0 aliphatic rings. The minimum absolute atomic E-state index is 0.361. The van der Waals surface area contributed by atoms with Gasteiger partial charge in [-0.05, 0) is 18.2 Å². The van der Waals surface area contributed by atoms with Gasteiger partial charge in [0.05, 0.1) is 15.4 Å². The fraction of sp³-hybridized carbons (Fsp3) is 0.143. The lowest BCUT2D eigenvalue weighted by Crippen LogP contribution is -2.14. The van der Waals surface area contributed by atoms with E-state index in [-0.39, 0.29) is 0 Å². The number of halogens is 3. The van der Waals surface area contributed by atoms with Crippen LogP contribution in [-0.2, 0) is 26.9 Å². The molecule has 1 aromatic carbocycles. The molecule has 0 radical (unpaired) electrons. The van der Waals surface area contributed by atoms with Gasteiger partial charge in [-0.25, -0.2) is 22.0 Å². The Morgan fingerprint density at radius 1 is 1.18 bits per heavy atom. The van der Waals surface area contributed by atoms with Gasteiger partial charge in [0.15, 0.2) is 10.7 Å². The highest BCUT2D eigenvalue weighted by Gasteiger charge is 2.34. The molecule has 2 N–H and O–H groups in total. The third kappa shape index (κ3) is 3.17. The Bertz CT molecular complexity index is 610. The van der Waals surface area contributed by atoms with Gasteiger partial charge in [-0.3, -0.25) is 0 Å². The van der Waals surface area contributed by atoms with Gasteiger partial charge in [0, 0.05) is 0 Å². The Hall–Kier alpha value is -1.13. The highest BCUT2D eigenvalue weighted by atomic mass is 32.2. The first kappa shape index (κ1) is 13.9.